The summed E-state index contributed by atoms with van der Waals surface area (Å²) in [5.41, 5.74) is -3.63. The summed E-state index contributed by atoms with van der Waals surface area (Å²) in [6, 6.07) is 19.6. The molecule has 0 aromatic heterocycles. The number of fused-ring (bicyclic) bond motifs is 1. The number of benzene rings is 3. The minimum atomic E-state index is -4.37. The maximum Gasteiger partial charge on any atom is 0.446 e. The molecule has 2 aliphatic heterocycles. The van der Waals surface area contributed by atoms with E-state index < -0.39 is 11.1 Å². The number of rotatable bonds is 4. The highest BCUT2D eigenvalue weighted by Crippen LogP contribution is 2.37. The summed E-state index contributed by atoms with van der Waals surface area (Å²) in [7, 11) is 0. The molecule has 0 N–H and O–H groups in total. The van der Waals surface area contributed by atoms with Crippen LogP contribution in [0.4, 0.5) is 18.0 Å². The highest BCUT2D eigenvalue weighted by atomic mass is 32.2. The van der Waals surface area contributed by atoms with Crippen LogP contribution in [0.2, 0.25) is 0 Å². The zero-order chi connectivity index (χ0) is 24.6. The molecule has 0 unspecified atom stereocenters. The van der Waals surface area contributed by atoms with Crippen LogP contribution in [0.15, 0.2) is 71.6 Å². The number of thioether (sulfide) groups is 1. The largest absolute Gasteiger partial charge is 0.446 e. The van der Waals surface area contributed by atoms with E-state index in [0.717, 1.165) is 16.3 Å². The van der Waals surface area contributed by atoms with Crippen molar-refractivity contribution in [2.75, 3.05) is 19.6 Å². The van der Waals surface area contributed by atoms with Gasteiger partial charge in [0, 0.05) is 42.9 Å². The van der Waals surface area contributed by atoms with Crippen molar-refractivity contribution in [1.29, 1.82) is 0 Å². The van der Waals surface area contributed by atoms with Gasteiger partial charge >= 0.3 is 11.6 Å². The van der Waals surface area contributed by atoms with Gasteiger partial charge in [0.1, 0.15) is 5.60 Å². The lowest BCUT2D eigenvalue weighted by Crippen LogP contribution is -2.48. The molecular formula is C26H23F3N2O3S. The number of carbonyl (C=O) groups excluding carboxylic acids is 2. The molecule has 35 heavy (non-hydrogen) atoms. The lowest BCUT2D eigenvalue weighted by molar-refractivity contribution is -0.0328. The lowest BCUT2D eigenvalue weighted by atomic mass is 9.91. The van der Waals surface area contributed by atoms with E-state index in [1.165, 1.54) is 24.3 Å². The predicted molar refractivity (Wildman–Crippen MR) is 127 cm³/mol. The zero-order valence-corrected chi connectivity index (χ0v) is 19.6. The van der Waals surface area contributed by atoms with Crippen molar-refractivity contribution in [2.24, 2.45) is 0 Å². The van der Waals surface area contributed by atoms with Gasteiger partial charge < -0.3 is 9.64 Å². The summed E-state index contributed by atoms with van der Waals surface area (Å²) < 4.78 is 43.4. The number of likely N-dealkylation sites (tertiary alicyclic amines) is 1. The molecule has 182 valence electrons. The van der Waals surface area contributed by atoms with E-state index in [0.29, 0.717) is 44.6 Å². The molecule has 5 rings (SSSR count). The standard InChI is InChI=1S/C26H23F3N2O3S/c27-26(28,29)35-22-9-7-20(8-10-22)23(32)30-13-11-25(12-14-30)17-31(24(33)34-25)16-18-5-6-19-3-1-2-4-21(19)15-18/h1-10,15H,11-14,16-17H2. The minimum Gasteiger partial charge on any atom is -0.441 e. The lowest BCUT2D eigenvalue weighted by Gasteiger charge is -2.37. The Kier molecular flexibility index (Phi) is 6.13. The molecule has 2 heterocycles. The predicted octanol–water partition coefficient (Wildman–Crippen LogP) is 6.08. The first kappa shape index (κ1) is 23.5. The van der Waals surface area contributed by atoms with Crippen molar-refractivity contribution in [3.63, 3.8) is 0 Å². The van der Waals surface area contributed by atoms with E-state index in [4.69, 9.17) is 4.74 Å². The van der Waals surface area contributed by atoms with Crippen molar-refractivity contribution in [3.8, 4) is 0 Å². The maximum absolute atomic E-state index is 12.9. The summed E-state index contributed by atoms with van der Waals surface area (Å²) in [4.78, 5) is 28.9. The van der Waals surface area contributed by atoms with Crippen LogP contribution in [0.1, 0.15) is 28.8 Å². The van der Waals surface area contributed by atoms with Gasteiger partial charge in [-0.1, -0.05) is 36.4 Å². The average molecular weight is 501 g/mol. The molecule has 2 amide bonds. The maximum atomic E-state index is 12.9. The molecule has 2 aliphatic rings. The third-order valence-corrected chi connectivity index (χ3v) is 7.26. The number of carbonyl (C=O) groups is 2. The van der Waals surface area contributed by atoms with Crippen LogP contribution >= 0.6 is 11.8 Å². The number of halogens is 3. The van der Waals surface area contributed by atoms with Gasteiger partial charge in [0.15, 0.2) is 0 Å². The van der Waals surface area contributed by atoms with Crippen molar-refractivity contribution in [3.05, 3.63) is 77.9 Å². The van der Waals surface area contributed by atoms with Crippen LogP contribution in [-0.4, -0.2) is 52.5 Å². The molecule has 2 saturated heterocycles. The molecule has 5 nitrogen and oxygen atoms in total. The molecular weight excluding hydrogens is 477 g/mol. The van der Waals surface area contributed by atoms with Gasteiger partial charge in [0.2, 0.25) is 0 Å². The Labute approximate surface area is 204 Å². The SMILES string of the molecule is O=C1OC2(CCN(C(=O)c3ccc(SC(F)(F)F)cc3)CC2)CN1Cc1ccc2ccccc2c1. The first-order chi connectivity index (χ1) is 16.7. The van der Waals surface area contributed by atoms with Crippen LogP contribution < -0.4 is 0 Å². The Morgan fingerprint density at radius 2 is 1.66 bits per heavy atom. The monoisotopic (exact) mass is 500 g/mol. The first-order valence-corrected chi connectivity index (χ1v) is 12.1. The number of ether oxygens (including phenoxy) is 1. The number of alkyl halides is 3. The normalized spacial score (nSPS) is 17.7. The van der Waals surface area contributed by atoms with Crippen molar-refractivity contribution >= 4 is 34.5 Å². The van der Waals surface area contributed by atoms with Crippen molar-refractivity contribution < 1.29 is 27.5 Å². The second kappa shape index (κ2) is 9.11. The van der Waals surface area contributed by atoms with Crippen LogP contribution in [0.25, 0.3) is 10.8 Å². The van der Waals surface area contributed by atoms with Gasteiger partial charge in [0.05, 0.1) is 6.54 Å². The zero-order valence-electron chi connectivity index (χ0n) is 18.8. The molecule has 2 fully saturated rings. The van der Waals surface area contributed by atoms with Gasteiger partial charge in [-0.3, -0.25) is 9.69 Å². The Morgan fingerprint density at radius 3 is 2.34 bits per heavy atom. The smallest absolute Gasteiger partial charge is 0.441 e. The summed E-state index contributed by atoms with van der Waals surface area (Å²) in [5, 5.41) is 2.26. The molecule has 9 heteroatoms. The highest BCUT2D eigenvalue weighted by molar-refractivity contribution is 8.00. The van der Waals surface area contributed by atoms with Gasteiger partial charge in [0.25, 0.3) is 5.91 Å². The number of nitrogens with zero attached hydrogens (tertiary/aromatic N) is 2. The second-order valence-electron chi connectivity index (χ2n) is 8.95. The van der Waals surface area contributed by atoms with Gasteiger partial charge in [-0.25, -0.2) is 4.79 Å². The number of hydrogen-bond acceptors (Lipinski definition) is 4. The third kappa shape index (κ3) is 5.24. The molecule has 0 saturated carbocycles. The summed E-state index contributed by atoms with van der Waals surface area (Å²) >= 11 is -0.207. The molecule has 3 aromatic carbocycles. The fourth-order valence-corrected chi connectivity index (χ4v) is 5.27. The van der Waals surface area contributed by atoms with Crippen LogP contribution in [0.5, 0.6) is 0 Å². The molecule has 1 spiro atoms. The Balaban J connectivity index is 1.19. The van der Waals surface area contributed by atoms with E-state index in [1.807, 2.05) is 36.4 Å². The summed E-state index contributed by atoms with van der Waals surface area (Å²) in [6.45, 7) is 1.74. The summed E-state index contributed by atoms with van der Waals surface area (Å²) in [5.74, 6) is -0.235. The topological polar surface area (TPSA) is 49.9 Å². The van der Waals surface area contributed by atoms with E-state index in [1.54, 1.807) is 9.80 Å². The molecule has 0 bridgehead atoms. The number of amides is 2. The van der Waals surface area contributed by atoms with Crippen molar-refractivity contribution in [1.82, 2.24) is 9.80 Å². The average Bonchev–Trinajstić information content (AvgIpc) is 3.12. The minimum absolute atomic E-state index is 0.0380. The Hall–Kier alpha value is -3.20. The van der Waals surface area contributed by atoms with E-state index in [-0.39, 0.29) is 28.7 Å². The fourth-order valence-electron chi connectivity index (χ4n) is 4.73. The van der Waals surface area contributed by atoms with E-state index in [2.05, 4.69) is 6.07 Å². The first-order valence-electron chi connectivity index (χ1n) is 11.3. The molecule has 0 atom stereocenters. The van der Waals surface area contributed by atoms with Crippen LogP contribution in [0.3, 0.4) is 0 Å². The van der Waals surface area contributed by atoms with Crippen LogP contribution in [0, 0.1) is 0 Å². The summed E-state index contributed by atoms with van der Waals surface area (Å²) in [6.07, 6.45) is 0.678. The molecule has 0 radical (unpaired) electrons. The molecule has 3 aromatic rings. The van der Waals surface area contributed by atoms with Gasteiger partial charge in [-0.15, -0.1) is 0 Å². The van der Waals surface area contributed by atoms with Crippen LogP contribution in [-0.2, 0) is 11.3 Å². The van der Waals surface area contributed by atoms with E-state index >= 15 is 0 Å². The Morgan fingerprint density at radius 1 is 0.971 bits per heavy atom. The molecule has 0 aliphatic carbocycles. The number of piperidine rings is 1. The van der Waals surface area contributed by atoms with E-state index in [9.17, 15) is 22.8 Å². The van der Waals surface area contributed by atoms with Crippen molar-refractivity contribution in [2.45, 2.75) is 35.4 Å². The quantitative estimate of drug-likeness (QED) is 0.408. The third-order valence-electron chi connectivity index (χ3n) is 6.53. The van der Waals surface area contributed by atoms with Gasteiger partial charge in [-0.2, -0.15) is 13.2 Å². The fraction of sp³-hybridized carbons (Fsp3) is 0.308. The second-order valence-corrected chi connectivity index (χ2v) is 10.1. The highest BCUT2D eigenvalue weighted by Gasteiger charge is 2.47. The van der Waals surface area contributed by atoms with Gasteiger partial charge in [-0.05, 0) is 58.4 Å². The Bertz CT molecular complexity index is 1250. The number of hydrogen-bond donors (Lipinski definition) is 0.